The monoisotopic (exact) mass is 173 g/mol. The third kappa shape index (κ3) is 2.11. The second kappa shape index (κ2) is 3.24. The van der Waals surface area contributed by atoms with Gasteiger partial charge in [0, 0.05) is 6.42 Å². The predicted molar refractivity (Wildman–Crippen MR) is 39.0 cm³/mol. The van der Waals surface area contributed by atoms with Crippen molar-refractivity contribution < 1.29 is 4.79 Å². The predicted octanol–water partition coefficient (Wildman–Crippen LogP) is -0.789. The first-order chi connectivity index (χ1) is 5.20. The highest BCUT2D eigenvalue weighted by molar-refractivity contribution is 7.71. The van der Waals surface area contributed by atoms with E-state index >= 15 is 0 Å². The number of hydrogen-bond acceptors (Lipinski definition) is 4. The molecule has 0 aliphatic carbocycles. The zero-order chi connectivity index (χ0) is 8.27. The Morgan fingerprint density at radius 2 is 2.55 bits per heavy atom. The van der Waals surface area contributed by atoms with Crippen molar-refractivity contribution in [2.45, 2.75) is 13.0 Å². The van der Waals surface area contributed by atoms with Crippen LogP contribution in [-0.2, 0) is 11.3 Å². The van der Waals surface area contributed by atoms with E-state index in [0.717, 1.165) is 0 Å². The third-order valence-corrected chi connectivity index (χ3v) is 1.42. The molecule has 1 aromatic heterocycles. The van der Waals surface area contributed by atoms with Gasteiger partial charge in [0.1, 0.15) is 0 Å². The molecule has 0 aromatic carbocycles. The number of aromatic amines is 1. The molecule has 7 heteroatoms. The molecule has 0 saturated carbocycles. The maximum atomic E-state index is 10.3. The van der Waals surface area contributed by atoms with Gasteiger partial charge < -0.3 is 5.73 Å². The van der Waals surface area contributed by atoms with Crippen LogP contribution in [0.15, 0.2) is 0 Å². The van der Waals surface area contributed by atoms with Gasteiger partial charge in [-0.15, -0.1) is 0 Å². The van der Waals surface area contributed by atoms with Gasteiger partial charge in [-0.05, 0) is 12.2 Å². The summed E-state index contributed by atoms with van der Waals surface area (Å²) in [5.41, 5.74) is 4.92. The van der Waals surface area contributed by atoms with Crippen LogP contribution in [0.3, 0.4) is 0 Å². The number of aryl methyl sites for hydroxylation is 1. The normalized spacial score (nSPS) is 9.82. The molecule has 1 rings (SSSR count). The molecule has 60 valence electrons. The molecular formula is C4H7N5OS. The molecule has 0 spiro atoms. The van der Waals surface area contributed by atoms with Crippen LogP contribution in [0.25, 0.3) is 0 Å². The highest BCUT2D eigenvalue weighted by Gasteiger charge is 1.97. The summed E-state index contributed by atoms with van der Waals surface area (Å²) in [6.45, 7) is 0.404. The number of aromatic nitrogens is 4. The summed E-state index contributed by atoms with van der Waals surface area (Å²) in [6, 6.07) is 0. The molecule has 0 aliphatic heterocycles. The van der Waals surface area contributed by atoms with Crippen LogP contribution in [0, 0.1) is 4.77 Å². The lowest BCUT2D eigenvalue weighted by Gasteiger charge is -1.95. The van der Waals surface area contributed by atoms with Gasteiger partial charge in [0.05, 0.1) is 6.54 Å². The van der Waals surface area contributed by atoms with Gasteiger partial charge in [-0.25, -0.2) is 4.68 Å². The summed E-state index contributed by atoms with van der Waals surface area (Å²) in [7, 11) is 0. The molecule has 11 heavy (non-hydrogen) atoms. The Kier molecular flexibility index (Phi) is 2.32. The van der Waals surface area contributed by atoms with Crippen LogP contribution in [0.5, 0.6) is 0 Å². The Balaban J connectivity index is 2.58. The molecule has 1 heterocycles. The van der Waals surface area contributed by atoms with Crippen LogP contribution >= 0.6 is 12.2 Å². The standard InChI is InChI=1S/C4H7N5OS/c5-3(10)1-2-9-4(11)6-7-8-9/h1-2H2,(H2,5,10)(H,6,8,11). The first kappa shape index (κ1) is 7.86. The Labute approximate surface area is 67.4 Å². The minimum absolute atomic E-state index is 0.234. The van der Waals surface area contributed by atoms with E-state index in [1.54, 1.807) is 0 Å². The summed E-state index contributed by atoms with van der Waals surface area (Å²) in [6.07, 6.45) is 0.234. The van der Waals surface area contributed by atoms with E-state index in [-0.39, 0.29) is 12.3 Å². The van der Waals surface area contributed by atoms with Crippen LogP contribution in [0.2, 0.25) is 0 Å². The number of primary amides is 1. The van der Waals surface area contributed by atoms with Crippen molar-refractivity contribution in [3.63, 3.8) is 0 Å². The number of H-pyrrole nitrogens is 1. The lowest BCUT2D eigenvalue weighted by Crippen LogP contribution is -2.14. The minimum atomic E-state index is -0.374. The van der Waals surface area contributed by atoms with E-state index in [1.165, 1.54) is 4.68 Å². The summed E-state index contributed by atoms with van der Waals surface area (Å²) in [4.78, 5) is 10.3. The number of nitrogens with zero attached hydrogens (tertiary/aromatic N) is 3. The highest BCUT2D eigenvalue weighted by atomic mass is 32.1. The molecule has 0 radical (unpaired) electrons. The molecule has 3 N–H and O–H groups in total. The smallest absolute Gasteiger partial charge is 0.238 e. The van der Waals surface area contributed by atoms with Gasteiger partial charge >= 0.3 is 0 Å². The summed E-state index contributed by atoms with van der Waals surface area (Å²) >= 11 is 4.74. The van der Waals surface area contributed by atoms with Gasteiger partial charge in [0.15, 0.2) is 0 Å². The number of amides is 1. The fourth-order valence-electron chi connectivity index (χ4n) is 0.584. The average molecular weight is 173 g/mol. The van der Waals surface area contributed by atoms with Crippen molar-refractivity contribution >= 4 is 18.1 Å². The van der Waals surface area contributed by atoms with Gasteiger partial charge in [-0.2, -0.15) is 5.21 Å². The van der Waals surface area contributed by atoms with E-state index in [9.17, 15) is 4.79 Å². The molecule has 1 aromatic rings. The number of hydrogen-bond donors (Lipinski definition) is 2. The second-order valence-corrected chi connectivity index (χ2v) is 2.32. The summed E-state index contributed by atoms with van der Waals surface area (Å²) in [5.74, 6) is -0.374. The molecule has 0 atom stereocenters. The van der Waals surface area contributed by atoms with Crippen LogP contribution in [0.1, 0.15) is 6.42 Å². The van der Waals surface area contributed by atoms with E-state index in [1.807, 2.05) is 0 Å². The number of carbonyl (C=O) groups is 1. The highest BCUT2D eigenvalue weighted by Crippen LogP contribution is 1.86. The molecule has 6 nitrogen and oxygen atoms in total. The van der Waals surface area contributed by atoms with Crippen molar-refractivity contribution in [1.29, 1.82) is 0 Å². The molecule has 0 aliphatic rings. The molecule has 0 saturated heterocycles. The summed E-state index contributed by atoms with van der Waals surface area (Å²) in [5, 5.41) is 9.45. The lowest BCUT2D eigenvalue weighted by molar-refractivity contribution is -0.118. The number of rotatable bonds is 3. The van der Waals surface area contributed by atoms with Crippen LogP contribution in [0.4, 0.5) is 0 Å². The Morgan fingerprint density at radius 1 is 1.82 bits per heavy atom. The van der Waals surface area contributed by atoms with Crippen molar-refractivity contribution in [2.24, 2.45) is 5.73 Å². The molecule has 1 amide bonds. The van der Waals surface area contributed by atoms with Crippen molar-refractivity contribution in [3.8, 4) is 0 Å². The number of nitrogens with two attached hydrogens (primary N) is 1. The molecule has 0 fully saturated rings. The first-order valence-electron chi connectivity index (χ1n) is 2.96. The van der Waals surface area contributed by atoms with Gasteiger partial charge in [-0.3, -0.25) is 4.79 Å². The number of nitrogens with one attached hydrogen (secondary N) is 1. The third-order valence-electron chi connectivity index (χ3n) is 1.11. The zero-order valence-corrected chi connectivity index (χ0v) is 6.47. The summed E-state index contributed by atoms with van der Waals surface area (Å²) < 4.78 is 1.80. The maximum absolute atomic E-state index is 10.3. The largest absolute Gasteiger partial charge is 0.370 e. The second-order valence-electron chi connectivity index (χ2n) is 1.95. The van der Waals surface area contributed by atoms with E-state index < -0.39 is 0 Å². The average Bonchev–Trinajstić information content (AvgIpc) is 2.31. The number of carbonyl (C=O) groups excluding carboxylic acids is 1. The maximum Gasteiger partial charge on any atom is 0.238 e. The van der Waals surface area contributed by atoms with E-state index in [4.69, 9.17) is 18.0 Å². The van der Waals surface area contributed by atoms with Gasteiger partial charge in [0.25, 0.3) is 0 Å². The first-order valence-corrected chi connectivity index (χ1v) is 3.37. The van der Waals surface area contributed by atoms with Crippen LogP contribution in [-0.4, -0.2) is 26.1 Å². The van der Waals surface area contributed by atoms with Gasteiger partial charge in [0.2, 0.25) is 10.7 Å². The van der Waals surface area contributed by atoms with Crippen molar-refractivity contribution in [2.75, 3.05) is 0 Å². The molecule has 0 bridgehead atoms. The Morgan fingerprint density at radius 3 is 3.00 bits per heavy atom. The van der Waals surface area contributed by atoms with Crippen molar-refractivity contribution in [3.05, 3.63) is 4.77 Å². The van der Waals surface area contributed by atoms with Crippen LogP contribution < -0.4 is 5.73 Å². The van der Waals surface area contributed by atoms with Gasteiger partial charge in [-0.1, -0.05) is 10.3 Å². The SMILES string of the molecule is NC(=O)CCn1[nH]nnc1=S. The molecular weight excluding hydrogens is 166 g/mol. The Bertz CT molecular complexity index is 301. The van der Waals surface area contributed by atoms with E-state index in [0.29, 0.717) is 11.3 Å². The fraction of sp³-hybridized carbons (Fsp3) is 0.500. The quantitative estimate of drug-likeness (QED) is 0.586. The lowest BCUT2D eigenvalue weighted by atomic mass is 10.4. The zero-order valence-electron chi connectivity index (χ0n) is 5.65. The minimum Gasteiger partial charge on any atom is -0.370 e. The molecule has 0 unspecified atom stereocenters. The van der Waals surface area contributed by atoms with E-state index in [2.05, 4.69) is 15.5 Å². The number of tetrazole rings is 1. The Hall–Kier alpha value is -1.24. The topological polar surface area (TPSA) is 89.6 Å². The fourth-order valence-corrected chi connectivity index (χ4v) is 0.756. The van der Waals surface area contributed by atoms with Crippen molar-refractivity contribution in [1.82, 2.24) is 20.2 Å².